The van der Waals surface area contributed by atoms with Gasteiger partial charge in [0.1, 0.15) is 22.4 Å². The molecule has 0 bridgehead atoms. The first kappa shape index (κ1) is 15.8. The number of amides is 1. The lowest BCUT2D eigenvalue weighted by atomic mass is 10.3. The molecular formula is C16H14Cl2N2O3. The molecule has 0 aliphatic carbocycles. The fraction of sp³-hybridized carbons (Fsp3) is 0.188. The summed E-state index contributed by atoms with van der Waals surface area (Å²) in [7, 11) is 1.69. The highest BCUT2D eigenvalue weighted by Crippen LogP contribution is 2.26. The Morgan fingerprint density at radius 2 is 1.70 bits per heavy atom. The Bertz CT molecular complexity index is 756. The Hall–Kier alpha value is -2.11. The average Bonchev–Trinajstić information content (AvgIpc) is 3.26. The molecule has 0 radical (unpaired) electrons. The van der Waals surface area contributed by atoms with Gasteiger partial charge in [-0.2, -0.15) is 0 Å². The first-order valence-corrected chi connectivity index (χ1v) is 7.66. The molecule has 0 saturated heterocycles. The van der Waals surface area contributed by atoms with E-state index in [9.17, 15) is 4.79 Å². The van der Waals surface area contributed by atoms with Crippen molar-refractivity contribution in [3.05, 3.63) is 70.2 Å². The Labute approximate surface area is 143 Å². The second-order valence-electron chi connectivity index (χ2n) is 5.05. The molecule has 3 heterocycles. The van der Waals surface area contributed by atoms with Gasteiger partial charge in [-0.1, -0.05) is 23.2 Å². The lowest BCUT2D eigenvalue weighted by molar-refractivity contribution is 0.0695. The van der Waals surface area contributed by atoms with Gasteiger partial charge in [0, 0.05) is 7.05 Å². The van der Waals surface area contributed by atoms with E-state index >= 15 is 0 Å². The van der Waals surface area contributed by atoms with Gasteiger partial charge in [0.25, 0.3) is 5.91 Å². The molecule has 0 saturated carbocycles. The van der Waals surface area contributed by atoms with E-state index < -0.39 is 0 Å². The number of furan rings is 2. The summed E-state index contributed by atoms with van der Waals surface area (Å²) in [6.07, 6.45) is 3.14. The quantitative estimate of drug-likeness (QED) is 0.685. The van der Waals surface area contributed by atoms with Gasteiger partial charge in [-0.15, -0.1) is 0 Å². The first-order valence-electron chi connectivity index (χ1n) is 6.91. The van der Waals surface area contributed by atoms with Gasteiger partial charge in [0.05, 0.1) is 30.6 Å². The van der Waals surface area contributed by atoms with E-state index in [-0.39, 0.29) is 5.91 Å². The van der Waals surface area contributed by atoms with Crippen LogP contribution in [0.1, 0.15) is 22.0 Å². The molecule has 120 valence electrons. The third-order valence-electron chi connectivity index (χ3n) is 3.48. The average molecular weight is 353 g/mol. The minimum atomic E-state index is -0.214. The van der Waals surface area contributed by atoms with Crippen molar-refractivity contribution < 1.29 is 13.6 Å². The van der Waals surface area contributed by atoms with Crippen molar-refractivity contribution in [2.45, 2.75) is 13.1 Å². The third kappa shape index (κ3) is 3.30. The van der Waals surface area contributed by atoms with Crippen LogP contribution in [0, 0.1) is 0 Å². The Morgan fingerprint density at radius 1 is 1.13 bits per heavy atom. The maximum absolute atomic E-state index is 12.9. The summed E-state index contributed by atoms with van der Waals surface area (Å²) in [4.78, 5) is 14.5. The van der Waals surface area contributed by atoms with Crippen LogP contribution in [0.5, 0.6) is 0 Å². The fourth-order valence-electron chi connectivity index (χ4n) is 2.29. The number of aromatic nitrogens is 1. The number of rotatable bonds is 5. The standard InChI is InChI=1S/C16H14Cl2N2O3/c1-19-14(8-13(17)15(19)18)16(21)20(9-11-4-2-6-22-11)10-12-5-3-7-23-12/h2-8H,9-10H2,1H3. The minimum Gasteiger partial charge on any atom is -0.467 e. The molecule has 0 aromatic carbocycles. The highest BCUT2D eigenvalue weighted by Gasteiger charge is 2.23. The van der Waals surface area contributed by atoms with E-state index in [2.05, 4.69) is 0 Å². The van der Waals surface area contributed by atoms with Crippen LogP contribution in [-0.4, -0.2) is 15.4 Å². The molecule has 0 aliphatic heterocycles. The molecule has 0 N–H and O–H groups in total. The SMILES string of the molecule is Cn1c(C(=O)N(Cc2ccco2)Cc2ccco2)cc(Cl)c1Cl. The zero-order valence-corrected chi connectivity index (χ0v) is 13.8. The summed E-state index contributed by atoms with van der Waals surface area (Å²) in [5.41, 5.74) is 0.401. The maximum atomic E-state index is 12.9. The second-order valence-corrected chi connectivity index (χ2v) is 5.81. The Balaban J connectivity index is 1.89. The summed E-state index contributed by atoms with van der Waals surface area (Å²) in [6, 6.07) is 8.74. The Kier molecular flexibility index (Phi) is 4.50. The fourth-order valence-corrected chi connectivity index (χ4v) is 2.67. The smallest absolute Gasteiger partial charge is 0.271 e. The molecule has 5 nitrogen and oxygen atoms in total. The van der Waals surface area contributed by atoms with Crippen molar-refractivity contribution in [1.82, 2.24) is 9.47 Å². The first-order chi connectivity index (χ1) is 11.1. The van der Waals surface area contributed by atoms with Crippen LogP contribution in [0.3, 0.4) is 0 Å². The van der Waals surface area contributed by atoms with Crippen LogP contribution in [0.4, 0.5) is 0 Å². The third-order valence-corrected chi connectivity index (χ3v) is 4.32. The van der Waals surface area contributed by atoms with Gasteiger partial charge in [-0.3, -0.25) is 4.79 Å². The van der Waals surface area contributed by atoms with Crippen LogP contribution >= 0.6 is 23.2 Å². The van der Waals surface area contributed by atoms with Crippen molar-refractivity contribution in [3.63, 3.8) is 0 Å². The lowest BCUT2D eigenvalue weighted by Crippen LogP contribution is -2.31. The van der Waals surface area contributed by atoms with Gasteiger partial charge in [0.2, 0.25) is 0 Å². The highest BCUT2D eigenvalue weighted by atomic mass is 35.5. The van der Waals surface area contributed by atoms with E-state index in [1.165, 1.54) is 0 Å². The number of nitrogens with zero attached hydrogens (tertiary/aromatic N) is 2. The summed E-state index contributed by atoms with van der Waals surface area (Å²) in [5.74, 6) is 1.14. The maximum Gasteiger partial charge on any atom is 0.271 e. The predicted octanol–water partition coefficient (Wildman–Crippen LogP) is 4.36. The molecule has 1 amide bonds. The molecule has 23 heavy (non-hydrogen) atoms. The van der Waals surface area contributed by atoms with Crippen molar-refractivity contribution in [2.24, 2.45) is 7.05 Å². The molecule has 0 fully saturated rings. The van der Waals surface area contributed by atoms with Crippen LogP contribution < -0.4 is 0 Å². The zero-order chi connectivity index (χ0) is 16.4. The summed E-state index contributed by atoms with van der Waals surface area (Å²) >= 11 is 12.1. The molecule has 3 aromatic rings. The van der Waals surface area contributed by atoms with Gasteiger partial charge < -0.3 is 18.3 Å². The van der Waals surface area contributed by atoms with Crippen LogP contribution in [0.2, 0.25) is 10.2 Å². The molecular weight excluding hydrogens is 339 g/mol. The highest BCUT2D eigenvalue weighted by molar-refractivity contribution is 6.41. The predicted molar refractivity (Wildman–Crippen MR) is 86.4 cm³/mol. The summed E-state index contributed by atoms with van der Waals surface area (Å²) in [6.45, 7) is 0.625. The number of hydrogen-bond donors (Lipinski definition) is 0. The monoisotopic (exact) mass is 352 g/mol. The van der Waals surface area contributed by atoms with E-state index in [0.717, 1.165) is 0 Å². The van der Waals surface area contributed by atoms with E-state index in [1.54, 1.807) is 47.2 Å². The summed E-state index contributed by atoms with van der Waals surface area (Å²) < 4.78 is 12.2. The van der Waals surface area contributed by atoms with E-state index in [1.807, 2.05) is 12.1 Å². The van der Waals surface area contributed by atoms with E-state index in [4.69, 9.17) is 32.0 Å². The number of hydrogen-bond acceptors (Lipinski definition) is 3. The van der Waals surface area contributed by atoms with Crippen molar-refractivity contribution in [2.75, 3.05) is 0 Å². The molecule has 0 aliphatic rings. The van der Waals surface area contributed by atoms with Crippen molar-refractivity contribution >= 4 is 29.1 Å². The molecule has 3 rings (SSSR count). The number of carbonyl (C=O) groups excluding carboxylic acids is 1. The van der Waals surface area contributed by atoms with Crippen LogP contribution in [-0.2, 0) is 20.1 Å². The molecule has 7 heteroatoms. The van der Waals surface area contributed by atoms with Crippen LogP contribution in [0.15, 0.2) is 51.7 Å². The normalized spacial score (nSPS) is 10.9. The molecule has 0 spiro atoms. The van der Waals surface area contributed by atoms with Gasteiger partial charge in [0.15, 0.2) is 0 Å². The van der Waals surface area contributed by atoms with Crippen LogP contribution in [0.25, 0.3) is 0 Å². The van der Waals surface area contributed by atoms with E-state index in [0.29, 0.717) is 40.5 Å². The summed E-state index contributed by atoms with van der Waals surface area (Å²) in [5, 5.41) is 0.666. The number of halogens is 2. The largest absolute Gasteiger partial charge is 0.467 e. The van der Waals surface area contributed by atoms with Gasteiger partial charge >= 0.3 is 0 Å². The molecule has 0 atom stereocenters. The number of carbonyl (C=O) groups is 1. The molecule has 3 aromatic heterocycles. The minimum absolute atomic E-state index is 0.214. The second kappa shape index (κ2) is 6.56. The Morgan fingerprint density at radius 3 is 2.09 bits per heavy atom. The van der Waals surface area contributed by atoms with Gasteiger partial charge in [-0.05, 0) is 30.3 Å². The van der Waals surface area contributed by atoms with Crippen molar-refractivity contribution in [1.29, 1.82) is 0 Å². The zero-order valence-electron chi connectivity index (χ0n) is 12.3. The van der Waals surface area contributed by atoms with Crippen molar-refractivity contribution in [3.8, 4) is 0 Å². The molecule has 0 unspecified atom stereocenters. The topological polar surface area (TPSA) is 51.5 Å². The lowest BCUT2D eigenvalue weighted by Gasteiger charge is -2.21. The van der Waals surface area contributed by atoms with Gasteiger partial charge in [-0.25, -0.2) is 0 Å².